The number of fused-ring (bicyclic) bond motifs is 2. The first kappa shape index (κ1) is 11.2. The summed E-state index contributed by atoms with van der Waals surface area (Å²) in [5.74, 6) is 0. The molecular weight excluding hydrogens is 255 g/mol. The Morgan fingerprint density at radius 1 is 1.29 bits per heavy atom. The molecule has 0 aromatic carbocycles. The summed E-state index contributed by atoms with van der Waals surface area (Å²) in [7, 11) is 0. The lowest BCUT2D eigenvalue weighted by molar-refractivity contribution is -0.138. The predicted octanol–water partition coefficient (Wildman–Crippen LogP) is 2.29. The number of anilines is 1. The van der Waals surface area contributed by atoms with E-state index in [1.807, 2.05) is 0 Å². The van der Waals surface area contributed by atoms with Gasteiger partial charge in [-0.3, -0.25) is 0 Å². The quantitative estimate of drug-likeness (QED) is 0.891. The Kier molecular flexibility index (Phi) is 2.51. The summed E-state index contributed by atoms with van der Waals surface area (Å²) in [6.45, 7) is 0. The van der Waals surface area contributed by atoms with Gasteiger partial charge >= 0.3 is 6.18 Å². The molecule has 3 atom stereocenters. The molecule has 1 aromatic heterocycles. The molecule has 4 nitrogen and oxygen atoms in total. The molecule has 3 unspecified atom stereocenters. The lowest BCUT2D eigenvalue weighted by Gasteiger charge is -2.18. The smallest absolute Gasteiger partial charge is 0.373 e. The van der Waals surface area contributed by atoms with E-state index in [2.05, 4.69) is 15.5 Å². The summed E-state index contributed by atoms with van der Waals surface area (Å²) in [6, 6.07) is 0.0720. The molecule has 1 N–H and O–H groups in total. The topological polar surface area (TPSA) is 47.0 Å². The van der Waals surface area contributed by atoms with Crippen LogP contribution in [0.3, 0.4) is 0 Å². The van der Waals surface area contributed by atoms with Gasteiger partial charge in [-0.2, -0.15) is 13.2 Å². The van der Waals surface area contributed by atoms with Crippen LogP contribution in [-0.2, 0) is 10.9 Å². The third kappa shape index (κ3) is 2.11. The van der Waals surface area contributed by atoms with E-state index in [-0.39, 0.29) is 23.4 Å². The Bertz CT molecular complexity index is 422. The number of rotatable bonds is 2. The molecule has 94 valence electrons. The highest BCUT2D eigenvalue weighted by molar-refractivity contribution is 7.15. The van der Waals surface area contributed by atoms with Crippen LogP contribution in [0.25, 0.3) is 0 Å². The average Bonchev–Trinajstić information content (AvgIpc) is 2.89. The average molecular weight is 265 g/mol. The number of aromatic nitrogens is 2. The minimum Gasteiger partial charge on any atom is -0.373 e. The van der Waals surface area contributed by atoms with Crippen molar-refractivity contribution in [3.63, 3.8) is 0 Å². The number of hydrogen-bond donors (Lipinski definition) is 1. The minimum atomic E-state index is -4.41. The van der Waals surface area contributed by atoms with Crippen molar-refractivity contribution in [2.24, 2.45) is 0 Å². The molecule has 3 rings (SSSR count). The monoisotopic (exact) mass is 265 g/mol. The largest absolute Gasteiger partial charge is 0.445 e. The molecule has 2 bridgehead atoms. The van der Waals surface area contributed by atoms with Gasteiger partial charge in [0.2, 0.25) is 10.1 Å². The number of nitrogens with one attached hydrogen (secondary N) is 1. The number of halogens is 3. The third-order valence-corrected chi connectivity index (χ3v) is 3.98. The highest BCUT2D eigenvalue weighted by Gasteiger charge is 2.41. The van der Waals surface area contributed by atoms with E-state index in [0.29, 0.717) is 11.3 Å². The van der Waals surface area contributed by atoms with Crippen molar-refractivity contribution >= 4 is 16.5 Å². The molecule has 2 aliphatic heterocycles. The van der Waals surface area contributed by atoms with Gasteiger partial charge in [-0.1, -0.05) is 11.3 Å². The lowest BCUT2D eigenvalue weighted by atomic mass is 9.96. The molecule has 2 saturated heterocycles. The number of nitrogens with zero attached hydrogens (tertiary/aromatic N) is 2. The summed E-state index contributed by atoms with van der Waals surface area (Å²) in [5, 5.41) is 8.94. The Labute approximate surface area is 99.2 Å². The number of alkyl halides is 3. The maximum Gasteiger partial charge on any atom is 0.445 e. The molecule has 17 heavy (non-hydrogen) atoms. The molecule has 0 saturated carbocycles. The molecule has 0 radical (unpaired) electrons. The molecule has 2 fully saturated rings. The van der Waals surface area contributed by atoms with E-state index in [1.54, 1.807) is 0 Å². The molecular formula is C9H10F3N3OS. The van der Waals surface area contributed by atoms with Crippen molar-refractivity contribution in [2.75, 3.05) is 5.32 Å². The van der Waals surface area contributed by atoms with Gasteiger partial charge in [0.05, 0.1) is 18.2 Å². The van der Waals surface area contributed by atoms with Gasteiger partial charge in [-0.05, 0) is 19.3 Å². The van der Waals surface area contributed by atoms with E-state index in [4.69, 9.17) is 4.74 Å². The molecule has 0 spiro atoms. The van der Waals surface area contributed by atoms with Gasteiger partial charge in [-0.25, -0.2) is 0 Å². The van der Waals surface area contributed by atoms with E-state index >= 15 is 0 Å². The van der Waals surface area contributed by atoms with Crippen LogP contribution in [0.1, 0.15) is 24.3 Å². The Balaban J connectivity index is 1.68. The maximum absolute atomic E-state index is 12.3. The zero-order valence-corrected chi connectivity index (χ0v) is 9.51. The van der Waals surface area contributed by atoms with Gasteiger partial charge in [0, 0.05) is 0 Å². The first-order valence-corrected chi connectivity index (χ1v) is 6.17. The van der Waals surface area contributed by atoms with E-state index in [0.717, 1.165) is 19.3 Å². The molecule has 2 aliphatic rings. The van der Waals surface area contributed by atoms with Crippen molar-refractivity contribution in [2.45, 2.75) is 43.7 Å². The van der Waals surface area contributed by atoms with Crippen molar-refractivity contribution in [3.05, 3.63) is 5.01 Å². The van der Waals surface area contributed by atoms with Crippen LogP contribution in [-0.4, -0.2) is 28.4 Å². The zero-order valence-electron chi connectivity index (χ0n) is 8.70. The van der Waals surface area contributed by atoms with E-state index in [1.165, 1.54) is 0 Å². The maximum atomic E-state index is 12.3. The van der Waals surface area contributed by atoms with Crippen LogP contribution in [0, 0.1) is 0 Å². The first-order chi connectivity index (χ1) is 8.02. The number of hydrogen-bond acceptors (Lipinski definition) is 5. The summed E-state index contributed by atoms with van der Waals surface area (Å²) < 4.78 is 42.6. The van der Waals surface area contributed by atoms with E-state index < -0.39 is 11.2 Å². The van der Waals surface area contributed by atoms with Crippen LogP contribution in [0.5, 0.6) is 0 Å². The Morgan fingerprint density at radius 3 is 2.65 bits per heavy atom. The van der Waals surface area contributed by atoms with Crippen LogP contribution in [0.2, 0.25) is 0 Å². The fraction of sp³-hybridized carbons (Fsp3) is 0.778. The fourth-order valence-corrected chi connectivity index (χ4v) is 3.02. The Hall–Kier alpha value is -0.890. The standard InChI is InChI=1S/C9H10F3N3OS/c10-9(11,12)7-14-15-8(17-7)13-5-3-4-1-2-6(5)16-4/h4-6H,1-3H2,(H,13,15). The van der Waals surface area contributed by atoms with Crippen LogP contribution in [0.4, 0.5) is 18.3 Å². The molecule has 1 aromatic rings. The van der Waals surface area contributed by atoms with Crippen molar-refractivity contribution in [1.82, 2.24) is 10.2 Å². The predicted molar refractivity (Wildman–Crippen MR) is 54.8 cm³/mol. The van der Waals surface area contributed by atoms with Crippen LogP contribution >= 0.6 is 11.3 Å². The third-order valence-electron chi connectivity index (χ3n) is 3.08. The molecule has 3 heterocycles. The second-order valence-electron chi connectivity index (χ2n) is 4.27. The second-order valence-corrected chi connectivity index (χ2v) is 5.25. The minimum absolute atomic E-state index is 0.0720. The van der Waals surface area contributed by atoms with E-state index in [9.17, 15) is 13.2 Å². The highest BCUT2D eigenvalue weighted by atomic mass is 32.1. The summed E-state index contributed by atoms with van der Waals surface area (Å²) >= 11 is 0.540. The summed E-state index contributed by atoms with van der Waals surface area (Å²) in [5.41, 5.74) is 0. The molecule has 0 amide bonds. The van der Waals surface area contributed by atoms with Gasteiger partial charge in [-0.15, -0.1) is 10.2 Å². The highest BCUT2D eigenvalue weighted by Crippen LogP contribution is 2.38. The van der Waals surface area contributed by atoms with Gasteiger partial charge in [0.15, 0.2) is 0 Å². The normalized spacial score (nSPS) is 32.1. The van der Waals surface area contributed by atoms with Gasteiger partial charge in [0.1, 0.15) is 0 Å². The SMILES string of the molecule is FC(F)(F)c1nnc(NC2CC3CCC2O3)s1. The first-order valence-electron chi connectivity index (χ1n) is 5.35. The lowest BCUT2D eigenvalue weighted by Crippen LogP contribution is -2.30. The Morgan fingerprint density at radius 2 is 2.12 bits per heavy atom. The van der Waals surface area contributed by atoms with Gasteiger partial charge < -0.3 is 10.1 Å². The molecule has 0 aliphatic carbocycles. The summed E-state index contributed by atoms with van der Waals surface area (Å²) in [6.07, 6.45) is -1.19. The van der Waals surface area contributed by atoms with Crippen LogP contribution < -0.4 is 5.32 Å². The van der Waals surface area contributed by atoms with Crippen molar-refractivity contribution in [3.8, 4) is 0 Å². The van der Waals surface area contributed by atoms with Crippen molar-refractivity contribution in [1.29, 1.82) is 0 Å². The number of ether oxygens (including phenoxy) is 1. The second kappa shape index (κ2) is 3.81. The fourth-order valence-electron chi connectivity index (χ4n) is 2.34. The van der Waals surface area contributed by atoms with Crippen molar-refractivity contribution < 1.29 is 17.9 Å². The van der Waals surface area contributed by atoms with Gasteiger partial charge in [0.25, 0.3) is 0 Å². The molecule has 8 heteroatoms. The van der Waals surface area contributed by atoms with Crippen LogP contribution in [0.15, 0.2) is 0 Å². The zero-order chi connectivity index (χ0) is 12.0. The summed E-state index contributed by atoms with van der Waals surface area (Å²) in [4.78, 5) is 0.